The number of alkyl halides is 1. The fourth-order valence-corrected chi connectivity index (χ4v) is 1.58. The van der Waals surface area contributed by atoms with Crippen molar-refractivity contribution in [3.05, 3.63) is 27.7 Å². The summed E-state index contributed by atoms with van der Waals surface area (Å²) < 4.78 is 0. The van der Waals surface area contributed by atoms with E-state index < -0.39 is 0 Å². The molecule has 0 unspecified atom stereocenters. The van der Waals surface area contributed by atoms with Gasteiger partial charge in [-0.15, -0.1) is 0 Å². The van der Waals surface area contributed by atoms with Gasteiger partial charge in [-0.1, -0.05) is 39.1 Å². The van der Waals surface area contributed by atoms with Gasteiger partial charge in [0, 0.05) is 11.6 Å². The highest BCUT2D eigenvalue weighted by atomic mass is 79.9. The molecule has 0 atom stereocenters. The van der Waals surface area contributed by atoms with Gasteiger partial charge in [0.1, 0.15) is 5.75 Å². The van der Waals surface area contributed by atoms with Crippen molar-refractivity contribution in [1.29, 1.82) is 0 Å². The fraction of sp³-hybridized carbons (Fsp3) is 0.125. The predicted molar refractivity (Wildman–Crippen MR) is 56.3 cm³/mol. The quantitative estimate of drug-likeness (QED) is 0.668. The molecule has 5 heteroatoms. The fourth-order valence-electron chi connectivity index (χ4n) is 0.850. The molecule has 1 N–H and O–H groups in total. The number of hydrogen-bond acceptors (Lipinski definition) is 2. The summed E-state index contributed by atoms with van der Waals surface area (Å²) in [4.78, 5) is 11.2. The molecule has 0 aliphatic heterocycles. The Balaban J connectivity index is 3.28. The van der Waals surface area contributed by atoms with Crippen LogP contribution in [-0.4, -0.2) is 16.2 Å². The maximum absolute atomic E-state index is 11.2. The number of carbonyl (C=O) groups is 1. The summed E-state index contributed by atoms with van der Waals surface area (Å²) in [5.74, 6) is -0.290. The average Bonchev–Trinajstić information content (AvgIpc) is 2.10. The van der Waals surface area contributed by atoms with Crippen LogP contribution in [0, 0.1) is 0 Å². The molecule has 0 radical (unpaired) electrons. The van der Waals surface area contributed by atoms with Crippen molar-refractivity contribution in [2.24, 2.45) is 0 Å². The number of rotatable bonds is 2. The van der Waals surface area contributed by atoms with Crippen LogP contribution in [0.5, 0.6) is 5.75 Å². The Morgan fingerprint density at radius 3 is 2.62 bits per heavy atom. The zero-order chi connectivity index (χ0) is 10.0. The van der Waals surface area contributed by atoms with Crippen molar-refractivity contribution in [3.63, 3.8) is 0 Å². The van der Waals surface area contributed by atoms with Gasteiger partial charge in [-0.2, -0.15) is 0 Å². The lowest BCUT2D eigenvalue weighted by atomic mass is 10.1. The van der Waals surface area contributed by atoms with E-state index in [0.29, 0.717) is 0 Å². The Bertz CT molecular complexity index is 352. The Labute approximate surface area is 93.6 Å². The minimum absolute atomic E-state index is 0.0706. The van der Waals surface area contributed by atoms with Crippen molar-refractivity contribution in [2.75, 3.05) is 5.33 Å². The zero-order valence-electron chi connectivity index (χ0n) is 6.35. The molecule has 0 saturated heterocycles. The van der Waals surface area contributed by atoms with E-state index in [9.17, 15) is 4.79 Å². The van der Waals surface area contributed by atoms with Gasteiger partial charge in [0.25, 0.3) is 0 Å². The number of benzene rings is 1. The third-order valence-corrected chi connectivity index (χ3v) is 2.75. The van der Waals surface area contributed by atoms with E-state index >= 15 is 0 Å². The number of phenolic OH excluding ortho intramolecular Hbond substituents is 1. The van der Waals surface area contributed by atoms with E-state index in [-0.39, 0.29) is 32.5 Å². The summed E-state index contributed by atoms with van der Waals surface area (Å²) in [6.07, 6.45) is 0. The van der Waals surface area contributed by atoms with Crippen molar-refractivity contribution >= 4 is 44.9 Å². The lowest BCUT2D eigenvalue weighted by Crippen LogP contribution is -2.00. The smallest absolute Gasteiger partial charge is 0.175 e. The molecule has 0 fully saturated rings. The molecule has 0 aromatic heterocycles. The normalized spacial score (nSPS) is 10.1. The van der Waals surface area contributed by atoms with E-state index in [0.717, 1.165) is 0 Å². The molecule has 1 rings (SSSR count). The van der Waals surface area contributed by atoms with Gasteiger partial charge in [-0.25, -0.2) is 0 Å². The van der Waals surface area contributed by atoms with E-state index in [1.807, 2.05) is 0 Å². The third-order valence-electron chi connectivity index (χ3n) is 1.43. The first-order valence-electron chi connectivity index (χ1n) is 3.33. The van der Waals surface area contributed by atoms with E-state index in [4.69, 9.17) is 28.3 Å². The first-order chi connectivity index (χ1) is 6.06. The number of carbonyl (C=O) groups excluding carboxylic acids is 1. The minimum atomic E-state index is -0.220. The number of hydrogen-bond donors (Lipinski definition) is 1. The van der Waals surface area contributed by atoms with E-state index in [2.05, 4.69) is 15.9 Å². The first-order valence-corrected chi connectivity index (χ1v) is 5.21. The van der Waals surface area contributed by atoms with E-state index in [1.165, 1.54) is 12.1 Å². The molecule has 70 valence electrons. The van der Waals surface area contributed by atoms with Crippen LogP contribution < -0.4 is 0 Å². The summed E-state index contributed by atoms with van der Waals surface area (Å²) in [6, 6.07) is 2.58. The Morgan fingerprint density at radius 2 is 2.08 bits per heavy atom. The standard InChI is InChI=1S/C8H5BrCl2O2/c9-3-7(13)5-1-4(12)2-6(10)8(5)11/h1-2,12H,3H2. The molecule has 0 heterocycles. The highest BCUT2D eigenvalue weighted by Crippen LogP contribution is 2.30. The number of phenols is 1. The van der Waals surface area contributed by atoms with Crippen LogP contribution in [0.4, 0.5) is 0 Å². The molecule has 13 heavy (non-hydrogen) atoms. The Morgan fingerprint density at radius 1 is 1.46 bits per heavy atom. The lowest BCUT2D eigenvalue weighted by molar-refractivity contribution is 0.102. The van der Waals surface area contributed by atoms with Crippen LogP contribution in [-0.2, 0) is 0 Å². The number of Topliss-reactive ketones (excluding diaryl/α,β-unsaturated/α-hetero) is 1. The molecular formula is C8H5BrCl2O2. The molecule has 1 aromatic rings. The summed E-state index contributed by atoms with van der Waals surface area (Å²) in [7, 11) is 0. The van der Waals surface area contributed by atoms with Crippen LogP contribution in [0.25, 0.3) is 0 Å². The highest BCUT2D eigenvalue weighted by Gasteiger charge is 2.13. The van der Waals surface area contributed by atoms with Crippen LogP contribution in [0.2, 0.25) is 10.0 Å². The molecule has 2 nitrogen and oxygen atoms in total. The van der Waals surface area contributed by atoms with Crippen molar-refractivity contribution < 1.29 is 9.90 Å². The van der Waals surface area contributed by atoms with Crippen LogP contribution in [0.3, 0.4) is 0 Å². The first kappa shape index (κ1) is 10.8. The van der Waals surface area contributed by atoms with Gasteiger partial charge in [-0.05, 0) is 6.07 Å². The third kappa shape index (κ3) is 2.36. The summed E-state index contributed by atoms with van der Waals surface area (Å²) in [5.41, 5.74) is 0.226. The molecule has 0 bridgehead atoms. The number of halogens is 3. The Hall–Kier alpha value is -0.250. The predicted octanol–water partition coefficient (Wildman–Crippen LogP) is 3.28. The largest absolute Gasteiger partial charge is 0.508 e. The molecule has 1 aromatic carbocycles. The van der Waals surface area contributed by atoms with Crippen LogP contribution >= 0.6 is 39.1 Å². The second-order valence-corrected chi connectivity index (χ2v) is 3.69. The average molecular weight is 284 g/mol. The SMILES string of the molecule is O=C(CBr)c1cc(O)cc(Cl)c1Cl. The highest BCUT2D eigenvalue weighted by molar-refractivity contribution is 9.09. The maximum Gasteiger partial charge on any atom is 0.175 e. The van der Waals surface area contributed by atoms with Crippen LogP contribution in [0.15, 0.2) is 12.1 Å². The number of aromatic hydroxyl groups is 1. The molecule has 0 aliphatic rings. The Kier molecular flexibility index (Phi) is 3.59. The molecule has 0 saturated carbocycles. The second kappa shape index (κ2) is 4.31. The van der Waals surface area contributed by atoms with Crippen LogP contribution in [0.1, 0.15) is 10.4 Å². The zero-order valence-corrected chi connectivity index (χ0v) is 9.45. The van der Waals surface area contributed by atoms with Gasteiger partial charge >= 0.3 is 0 Å². The van der Waals surface area contributed by atoms with Gasteiger partial charge in [0.05, 0.1) is 15.4 Å². The molecule has 0 spiro atoms. The maximum atomic E-state index is 11.2. The van der Waals surface area contributed by atoms with E-state index in [1.54, 1.807) is 0 Å². The monoisotopic (exact) mass is 282 g/mol. The summed E-state index contributed by atoms with van der Waals surface area (Å²) in [5, 5.41) is 9.64. The van der Waals surface area contributed by atoms with Gasteiger partial charge in [0.15, 0.2) is 5.78 Å². The molecule has 0 amide bonds. The van der Waals surface area contributed by atoms with Gasteiger partial charge in [0.2, 0.25) is 0 Å². The minimum Gasteiger partial charge on any atom is -0.508 e. The molecule has 0 aliphatic carbocycles. The topological polar surface area (TPSA) is 37.3 Å². The van der Waals surface area contributed by atoms with Crippen molar-refractivity contribution in [1.82, 2.24) is 0 Å². The lowest BCUT2D eigenvalue weighted by Gasteiger charge is -2.03. The van der Waals surface area contributed by atoms with Crippen molar-refractivity contribution in [3.8, 4) is 5.75 Å². The van der Waals surface area contributed by atoms with Gasteiger partial charge in [-0.3, -0.25) is 4.79 Å². The summed E-state index contributed by atoms with van der Waals surface area (Å²) in [6.45, 7) is 0. The van der Waals surface area contributed by atoms with Crippen molar-refractivity contribution in [2.45, 2.75) is 0 Å². The van der Waals surface area contributed by atoms with Gasteiger partial charge < -0.3 is 5.11 Å². The number of ketones is 1. The second-order valence-electron chi connectivity index (χ2n) is 2.35. The molecular weight excluding hydrogens is 279 g/mol. The summed E-state index contributed by atoms with van der Waals surface area (Å²) >= 11 is 14.4.